The number of carbonyl (C=O) groups is 2. The number of carbonyl (C=O) groups excluding carboxylic acids is 2. The second-order valence-electron chi connectivity index (χ2n) is 15.6. The fourth-order valence-electron chi connectivity index (χ4n) is 6.52. The van der Waals surface area contributed by atoms with Gasteiger partial charge in [0.1, 0.15) is 12.2 Å². The van der Waals surface area contributed by atoms with Crippen molar-refractivity contribution in [3.8, 4) is 0 Å². The number of aliphatic hydroxyl groups is 5. The van der Waals surface area contributed by atoms with Crippen molar-refractivity contribution in [1.29, 1.82) is 0 Å². The third-order valence-corrected chi connectivity index (χ3v) is 9.48. The van der Waals surface area contributed by atoms with Crippen LogP contribution in [-0.4, -0.2) is 80.2 Å². The van der Waals surface area contributed by atoms with Gasteiger partial charge in [-0.15, -0.1) is 0 Å². The molecule has 0 aromatic heterocycles. The van der Waals surface area contributed by atoms with E-state index in [2.05, 4.69) is 26.8 Å². The standard InChI is InChI=1S/C44H70O9/c1-28(13-11-14-29(2)25-39(48)40(49)27-37(10)46)21-30(3)18-20-44(51)52-41-15-12-16-43(50)53-42(19-17-31(4)22-34(41)7)35(8)24-32(5)23-33(6)38(47)26-36(9)45/h11,13-14,17-18,20-21,23,25,33-42,45-49H,12,15-16,19,22,24,26-27H2,1-10H3/t33-,34+,35+,36-,37+,38-,39+,40+,41+,42-/m1/s1. The Morgan fingerprint density at radius 1 is 0.906 bits per heavy atom. The second kappa shape index (κ2) is 25.1. The molecule has 300 valence electrons. The van der Waals surface area contributed by atoms with E-state index in [-0.39, 0.29) is 48.8 Å². The molecule has 10 atom stereocenters. The number of rotatable bonds is 17. The average Bonchev–Trinajstić information content (AvgIpc) is 3.03. The minimum atomic E-state index is -1.07. The van der Waals surface area contributed by atoms with Gasteiger partial charge in [0, 0.05) is 31.3 Å². The van der Waals surface area contributed by atoms with Crippen molar-refractivity contribution in [2.45, 2.75) is 163 Å². The summed E-state index contributed by atoms with van der Waals surface area (Å²) in [4.78, 5) is 25.9. The van der Waals surface area contributed by atoms with Gasteiger partial charge in [-0.25, -0.2) is 4.79 Å². The molecule has 0 amide bonds. The Hall–Kier alpha value is -3.08. The summed E-state index contributed by atoms with van der Waals surface area (Å²) in [6.45, 7) is 19.1. The molecule has 1 aliphatic rings. The Balaban J connectivity index is 2.86. The molecule has 5 N–H and O–H groups in total. The number of esters is 2. The van der Waals surface area contributed by atoms with E-state index in [1.54, 1.807) is 26.0 Å². The highest BCUT2D eigenvalue weighted by atomic mass is 16.5. The zero-order valence-electron chi connectivity index (χ0n) is 34.0. The van der Waals surface area contributed by atoms with Gasteiger partial charge in [-0.1, -0.05) is 97.2 Å². The summed E-state index contributed by atoms with van der Waals surface area (Å²) in [5, 5.41) is 49.4. The lowest BCUT2D eigenvalue weighted by atomic mass is 9.89. The predicted octanol–water partition coefficient (Wildman–Crippen LogP) is 7.54. The lowest BCUT2D eigenvalue weighted by molar-refractivity contribution is -0.152. The fraction of sp³-hybridized carbons (Fsp3) is 0.636. The maximum atomic E-state index is 12.9. The van der Waals surface area contributed by atoms with Crippen molar-refractivity contribution in [2.75, 3.05) is 0 Å². The first-order valence-corrected chi connectivity index (χ1v) is 19.3. The molecule has 1 rings (SSSR count). The van der Waals surface area contributed by atoms with Crippen molar-refractivity contribution in [1.82, 2.24) is 0 Å². The predicted molar refractivity (Wildman–Crippen MR) is 213 cm³/mol. The van der Waals surface area contributed by atoms with Crippen LogP contribution in [0, 0.1) is 17.8 Å². The highest BCUT2D eigenvalue weighted by molar-refractivity contribution is 5.82. The Kier molecular flexibility index (Phi) is 22.7. The summed E-state index contributed by atoms with van der Waals surface area (Å²) in [5.41, 5.74) is 4.84. The highest BCUT2D eigenvalue weighted by Gasteiger charge is 2.26. The molecule has 0 saturated heterocycles. The lowest BCUT2D eigenvalue weighted by Gasteiger charge is -2.27. The normalized spacial score (nSPS) is 24.7. The average molecular weight is 743 g/mol. The zero-order chi connectivity index (χ0) is 40.2. The fourth-order valence-corrected chi connectivity index (χ4v) is 6.52. The largest absolute Gasteiger partial charge is 0.462 e. The number of cyclic esters (lactones) is 1. The molecule has 0 unspecified atom stereocenters. The maximum Gasteiger partial charge on any atom is 0.331 e. The van der Waals surface area contributed by atoms with Crippen molar-refractivity contribution in [3.63, 3.8) is 0 Å². The Morgan fingerprint density at radius 2 is 1.55 bits per heavy atom. The zero-order valence-corrected chi connectivity index (χ0v) is 34.0. The molecule has 1 aliphatic heterocycles. The molecule has 0 saturated carbocycles. The van der Waals surface area contributed by atoms with E-state index >= 15 is 0 Å². The molecule has 0 fully saturated rings. The van der Waals surface area contributed by atoms with Gasteiger partial charge in [0.25, 0.3) is 0 Å². The van der Waals surface area contributed by atoms with Crippen LogP contribution in [0.5, 0.6) is 0 Å². The first-order valence-electron chi connectivity index (χ1n) is 19.3. The molecule has 0 aromatic carbocycles. The summed E-state index contributed by atoms with van der Waals surface area (Å²) >= 11 is 0. The van der Waals surface area contributed by atoms with Gasteiger partial charge in [-0.3, -0.25) is 4.79 Å². The molecule has 1 heterocycles. The topological polar surface area (TPSA) is 154 Å². The van der Waals surface area contributed by atoms with Crippen LogP contribution in [0.15, 0.2) is 82.5 Å². The molecule has 0 aromatic rings. The minimum absolute atomic E-state index is 0.0587. The van der Waals surface area contributed by atoms with Crippen LogP contribution in [0.1, 0.15) is 121 Å². The van der Waals surface area contributed by atoms with E-state index < -0.39 is 36.5 Å². The van der Waals surface area contributed by atoms with E-state index in [1.165, 1.54) is 6.08 Å². The molecule has 0 spiro atoms. The van der Waals surface area contributed by atoms with E-state index in [0.717, 1.165) is 40.7 Å². The van der Waals surface area contributed by atoms with Crippen molar-refractivity contribution < 1.29 is 44.6 Å². The van der Waals surface area contributed by atoms with Crippen molar-refractivity contribution >= 4 is 11.9 Å². The monoisotopic (exact) mass is 743 g/mol. The molecule has 53 heavy (non-hydrogen) atoms. The van der Waals surface area contributed by atoms with Crippen LogP contribution < -0.4 is 0 Å². The minimum Gasteiger partial charge on any atom is -0.462 e. The van der Waals surface area contributed by atoms with Gasteiger partial charge >= 0.3 is 11.9 Å². The summed E-state index contributed by atoms with van der Waals surface area (Å²) in [6.07, 6.45) is 15.5. The Morgan fingerprint density at radius 3 is 2.19 bits per heavy atom. The van der Waals surface area contributed by atoms with Gasteiger partial charge in [-0.2, -0.15) is 0 Å². The SMILES string of the molecule is CC(=CC=CC(C)=C[C@H](O)[C@@H](O)C[C@H](C)O)C=C(C)C=CC(=O)O[C@H]1CCCC(=O)O[C@@H]([C@@H](C)CC(C)=C[C@@H](C)[C@H](O)C[C@@H](C)O)CC=C(C)C[C@@H]1C. The Labute approximate surface area is 319 Å². The quantitative estimate of drug-likeness (QED) is 0.0440. The third-order valence-electron chi connectivity index (χ3n) is 9.48. The summed E-state index contributed by atoms with van der Waals surface area (Å²) in [5.74, 6) is -0.659. The highest BCUT2D eigenvalue weighted by Crippen LogP contribution is 2.27. The lowest BCUT2D eigenvalue weighted by Crippen LogP contribution is -2.28. The number of aliphatic hydroxyl groups excluding tert-OH is 5. The molecule has 0 bridgehead atoms. The molecule has 9 heteroatoms. The number of ether oxygens (including phenoxy) is 2. The van der Waals surface area contributed by atoms with Crippen molar-refractivity contribution in [2.24, 2.45) is 17.8 Å². The van der Waals surface area contributed by atoms with E-state index in [9.17, 15) is 35.1 Å². The van der Waals surface area contributed by atoms with Crippen LogP contribution in [0.2, 0.25) is 0 Å². The van der Waals surface area contributed by atoms with Crippen LogP contribution >= 0.6 is 0 Å². The molecular weight excluding hydrogens is 672 g/mol. The number of hydrogen-bond donors (Lipinski definition) is 5. The Bertz CT molecular complexity index is 1350. The summed E-state index contributed by atoms with van der Waals surface area (Å²) < 4.78 is 11.9. The van der Waals surface area contributed by atoms with Crippen LogP contribution in [-0.2, 0) is 19.1 Å². The van der Waals surface area contributed by atoms with Crippen LogP contribution in [0.25, 0.3) is 0 Å². The summed E-state index contributed by atoms with van der Waals surface area (Å²) in [6, 6.07) is 0. The summed E-state index contributed by atoms with van der Waals surface area (Å²) in [7, 11) is 0. The number of hydrogen-bond acceptors (Lipinski definition) is 9. The smallest absolute Gasteiger partial charge is 0.331 e. The first kappa shape index (κ1) is 47.9. The van der Waals surface area contributed by atoms with Crippen molar-refractivity contribution in [3.05, 3.63) is 82.5 Å². The second-order valence-corrected chi connectivity index (χ2v) is 15.6. The van der Waals surface area contributed by atoms with E-state index in [4.69, 9.17) is 9.47 Å². The molecule has 9 nitrogen and oxygen atoms in total. The van der Waals surface area contributed by atoms with Gasteiger partial charge in [0.05, 0.1) is 30.5 Å². The molecule has 0 radical (unpaired) electrons. The van der Waals surface area contributed by atoms with Gasteiger partial charge in [0.15, 0.2) is 0 Å². The van der Waals surface area contributed by atoms with Crippen LogP contribution in [0.3, 0.4) is 0 Å². The van der Waals surface area contributed by atoms with Crippen LogP contribution in [0.4, 0.5) is 0 Å². The van der Waals surface area contributed by atoms with E-state index in [0.29, 0.717) is 25.7 Å². The first-order chi connectivity index (χ1) is 24.8. The van der Waals surface area contributed by atoms with Gasteiger partial charge in [-0.05, 0) is 92.4 Å². The molecule has 0 aliphatic carbocycles. The van der Waals surface area contributed by atoms with Gasteiger partial charge < -0.3 is 35.0 Å². The van der Waals surface area contributed by atoms with Gasteiger partial charge in [0.2, 0.25) is 0 Å². The number of allylic oxidation sites excluding steroid dienone is 10. The third kappa shape index (κ3) is 21.4. The van der Waals surface area contributed by atoms with E-state index in [1.807, 2.05) is 65.0 Å². The molecular formula is C44H70O9. The maximum absolute atomic E-state index is 12.9.